The van der Waals surface area contributed by atoms with Gasteiger partial charge in [0.05, 0.1) is 6.10 Å². The van der Waals surface area contributed by atoms with E-state index < -0.39 is 6.10 Å². The highest BCUT2D eigenvalue weighted by Gasteiger charge is 2.06. The number of aryl methyl sites for hydroxylation is 1. The molecule has 1 unspecified atom stereocenters. The lowest BCUT2D eigenvalue weighted by atomic mass is 10.3. The average Bonchev–Trinajstić information content (AvgIpc) is 2.53. The van der Waals surface area contributed by atoms with Crippen molar-refractivity contribution in [3.63, 3.8) is 0 Å². The van der Waals surface area contributed by atoms with E-state index in [1.54, 1.807) is 16.9 Å². The number of thiazole rings is 1. The van der Waals surface area contributed by atoms with E-state index >= 15 is 0 Å². The third-order valence-corrected chi connectivity index (χ3v) is 3.01. The maximum absolute atomic E-state index is 11.3. The Labute approximate surface area is 97.7 Å². The first-order valence-corrected chi connectivity index (χ1v) is 5.98. The number of nitrogens with one attached hydrogen (secondary N) is 1. The minimum absolute atomic E-state index is 0.0409. The van der Waals surface area contributed by atoms with Gasteiger partial charge in [-0.3, -0.25) is 9.59 Å². The highest BCUT2D eigenvalue weighted by atomic mass is 32.1. The first-order chi connectivity index (χ1) is 7.50. The number of aliphatic hydroxyl groups is 1. The predicted molar refractivity (Wildman–Crippen MR) is 62.6 cm³/mol. The summed E-state index contributed by atoms with van der Waals surface area (Å²) in [7, 11) is 0. The molecule has 0 aliphatic rings. The molecule has 1 aromatic rings. The number of hydrogen-bond donors (Lipinski definition) is 2. The van der Waals surface area contributed by atoms with Gasteiger partial charge in [-0.25, -0.2) is 0 Å². The van der Waals surface area contributed by atoms with Crippen LogP contribution in [0.4, 0.5) is 0 Å². The van der Waals surface area contributed by atoms with Crippen LogP contribution >= 0.6 is 11.3 Å². The van der Waals surface area contributed by atoms with Crippen molar-refractivity contribution in [3.8, 4) is 0 Å². The van der Waals surface area contributed by atoms with Crippen molar-refractivity contribution in [2.45, 2.75) is 32.9 Å². The zero-order chi connectivity index (χ0) is 12.1. The number of carbonyl (C=O) groups excluding carboxylic acids is 1. The summed E-state index contributed by atoms with van der Waals surface area (Å²) in [5.41, 5.74) is 0.873. The molecule has 0 bridgehead atoms. The Balaban J connectivity index is 2.40. The van der Waals surface area contributed by atoms with Gasteiger partial charge in [-0.05, 0) is 13.8 Å². The predicted octanol–water partition coefficient (Wildman–Crippen LogP) is 0.105. The number of nitrogens with zero attached hydrogens (tertiary/aromatic N) is 1. The van der Waals surface area contributed by atoms with Gasteiger partial charge < -0.3 is 15.0 Å². The Kier molecular flexibility index (Phi) is 4.70. The van der Waals surface area contributed by atoms with E-state index in [4.69, 9.17) is 5.11 Å². The first-order valence-electron chi connectivity index (χ1n) is 5.10. The van der Waals surface area contributed by atoms with Crippen LogP contribution in [0.3, 0.4) is 0 Å². The number of amides is 1. The van der Waals surface area contributed by atoms with Crippen LogP contribution in [0, 0.1) is 6.92 Å². The van der Waals surface area contributed by atoms with E-state index in [-0.39, 0.29) is 23.7 Å². The normalized spacial score (nSPS) is 12.4. The SMILES string of the molecule is Cc1csc(=O)n1CCC(=O)NCC(C)O. The molecular weight excluding hydrogens is 228 g/mol. The molecular formula is C10H16N2O3S. The molecule has 16 heavy (non-hydrogen) atoms. The number of aromatic nitrogens is 1. The fourth-order valence-electron chi connectivity index (χ4n) is 1.24. The fourth-order valence-corrected chi connectivity index (χ4v) is 2.00. The van der Waals surface area contributed by atoms with Gasteiger partial charge in [0, 0.05) is 30.6 Å². The molecule has 0 aliphatic heterocycles. The number of rotatable bonds is 5. The lowest BCUT2D eigenvalue weighted by molar-refractivity contribution is -0.121. The molecule has 0 aliphatic carbocycles. The Morgan fingerprint density at radius 2 is 2.38 bits per heavy atom. The van der Waals surface area contributed by atoms with E-state index in [1.807, 2.05) is 6.92 Å². The first kappa shape index (κ1) is 12.9. The van der Waals surface area contributed by atoms with Crippen molar-refractivity contribution in [1.29, 1.82) is 0 Å². The van der Waals surface area contributed by atoms with E-state index in [2.05, 4.69) is 5.32 Å². The van der Waals surface area contributed by atoms with Crippen LogP contribution in [-0.4, -0.2) is 28.2 Å². The summed E-state index contributed by atoms with van der Waals surface area (Å²) >= 11 is 1.14. The maximum atomic E-state index is 11.3. The second kappa shape index (κ2) is 5.81. The van der Waals surface area contributed by atoms with Crippen molar-refractivity contribution in [1.82, 2.24) is 9.88 Å². The van der Waals surface area contributed by atoms with Crippen LogP contribution in [0.1, 0.15) is 19.0 Å². The Morgan fingerprint density at radius 1 is 1.69 bits per heavy atom. The van der Waals surface area contributed by atoms with Crippen molar-refractivity contribution in [2.75, 3.05) is 6.54 Å². The lowest BCUT2D eigenvalue weighted by Crippen LogP contribution is -2.31. The molecule has 0 saturated carbocycles. The quantitative estimate of drug-likeness (QED) is 0.772. The van der Waals surface area contributed by atoms with Gasteiger partial charge in [0.25, 0.3) is 0 Å². The summed E-state index contributed by atoms with van der Waals surface area (Å²) < 4.78 is 1.58. The Hall–Kier alpha value is -1.14. The molecule has 90 valence electrons. The molecule has 6 heteroatoms. The van der Waals surface area contributed by atoms with Gasteiger partial charge in [0.2, 0.25) is 5.91 Å². The molecule has 1 amide bonds. The summed E-state index contributed by atoms with van der Waals surface area (Å²) in [5, 5.41) is 13.3. The highest BCUT2D eigenvalue weighted by Crippen LogP contribution is 2.00. The summed E-state index contributed by atoms with van der Waals surface area (Å²) in [6.45, 7) is 4.08. The number of carbonyl (C=O) groups is 1. The van der Waals surface area contributed by atoms with Crippen molar-refractivity contribution >= 4 is 17.2 Å². The highest BCUT2D eigenvalue weighted by molar-refractivity contribution is 7.07. The number of aliphatic hydroxyl groups excluding tert-OH is 1. The zero-order valence-electron chi connectivity index (χ0n) is 9.40. The van der Waals surface area contributed by atoms with Gasteiger partial charge >= 0.3 is 4.87 Å². The van der Waals surface area contributed by atoms with E-state index in [9.17, 15) is 9.59 Å². The van der Waals surface area contributed by atoms with Crippen molar-refractivity contribution in [2.24, 2.45) is 0 Å². The lowest BCUT2D eigenvalue weighted by Gasteiger charge is -2.07. The minimum Gasteiger partial charge on any atom is -0.392 e. The molecule has 0 spiro atoms. The molecule has 0 saturated heterocycles. The van der Waals surface area contributed by atoms with Crippen LogP contribution < -0.4 is 10.2 Å². The van der Waals surface area contributed by atoms with Gasteiger partial charge in [0.1, 0.15) is 0 Å². The molecule has 0 fully saturated rings. The molecule has 1 atom stereocenters. The Bertz CT molecular complexity index is 408. The topological polar surface area (TPSA) is 71.3 Å². The molecule has 2 N–H and O–H groups in total. The molecule has 0 aromatic carbocycles. The second-order valence-corrected chi connectivity index (χ2v) is 4.52. The van der Waals surface area contributed by atoms with Gasteiger partial charge in [0.15, 0.2) is 0 Å². The molecule has 1 heterocycles. The smallest absolute Gasteiger partial charge is 0.307 e. The van der Waals surface area contributed by atoms with Crippen molar-refractivity contribution < 1.29 is 9.90 Å². The summed E-state index contributed by atoms with van der Waals surface area (Å²) in [4.78, 5) is 22.6. The molecule has 5 nitrogen and oxygen atoms in total. The molecule has 1 rings (SSSR count). The van der Waals surface area contributed by atoms with Crippen LogP contribution in [0.25, 0.3) is 0 Å². The van der Waals surface area contributed by atoms with Crippen LogP contribution in [-0.2, 0) is 11.3 Å². The summed E-state index contributed by atoms with van der Waals surface area (Å²) in [5.74, 6) is -0.154. The van der Waals surface area contributed by atoms with Crippen molar-refractivity contribution in [3.05, 3.63) is 20.7 Å². The fraction of sp³-hybridized carbons (Fsp3) is 0.600. The monoisotopic (exact) mass is 244 g/mol. The van der Waals surface area contributed by atoms with E-state index in [0.717, 1.165) is 17.0 Å². The second-order valence-electron chi connectivity index (χ2n) is 3.70. The zero-order valence-corrected chi connectivity index (χ0v) is 10.2. The summed E-state index contributed by atoms with van der Waals surface area (Å²) in [6.07, 6.45) is -0.293. The van der Waals surface area contributed by atoms with E-state index in [0.29, 0.717) is 6.54 Å². The third kappa shape index (κ3) is 3.79. The Morgan fingerprint density at radius 3 is 2.88 bits per heavy atom. The van der Waals surface area contributed by atoms with E-state index in [1.165, 1.54) is 0 Å². The largest absolute Gasteiger partial charge is 0.392 e. The van der Waals surface area contributed by atoms with Crippen LogP contribution in [0.5, 0.6) is 0 Å². The molecule has 1 aromatic heterocycles. The van der Waals surface area contributed by atoms with Gasteiger partial charge in [-0.1, -0.05) is 11.3 Å². The maximum Gasteiger partial charge on any atom is 0.307 e. The number of hydrogen-bond acceptors (Lipinski definition) is 4. The van der Waals surface area contributed by atoms with Crippen LogP contribution in [0.2, 0.25) is 0 Å². The van der Waals surface area contributed by atoms with Gasteiger partial charge in [-0.2, -0.15) is 0 Å². The van der Waals surface area contributed by atoms with Crippen LogP contribution in [0.15, 0.2) is 10.2 Å². The minimum atomic E-state index is -0.547. The average molecular weight is 244 g/mol. The standard InChI is InChI=1S/C10H16N2O3S/c1-7-6-16-10(15)12(7)4-3-9(14)11-5-8(2)13/h6,8,13H,3-5H2,1-2H3,(H,11,14). The van der Waals surface area contributed by atoms with Gasteiger partial charge in [-0.15, -0.1) is 0 Å². The third-order valence-electron chi connectivity index (χ3n) is 2.13. The molecule has 0 radical (unpaired) electrons. The summed E-state index contributed by atoms with van der Waals surface area (Å²) in [6, 6.07) is 0.